The summed E-state index contributed by atoms with van der Waals surface area (Å²) in [5.74, 6) is 0.739. The molecule has 1 aliphatic heterocycles. The Morgan fingerprint density at radius 2 is 1.63 bits per heavy atom. The first kappa shape index (κ1) is 20.3. The van der Waals surface area contributed by atoms with Crippen molar-refractivity contribution in [1.29, 1.82) is 0 Å². The van der Waals surface area contributed by atoms with Crippen LogP contribution in [-0.2, 0) is 20.9 Å². The van der Waals surface area contributed by atoms with Gasteiger partial charge in [0, 0.05) is 24.5 Å². The number of esters is 1. The number of carbonyl (C=O) groups excluding carboxylic acids is 2. The normalized spacial score (nSPS) is 22.2. The molecule has 30 heavy (non-hydrogen) atoms. The van der Waals surface area contributed by atoms with E-state index in [1.807, 2.05) is 75.4 Å². The molecule has 1 saturated heterocycles. The molecular formula is C24H28N2O4. The molecule has 2 atom stereocenters. The van der Waals surface area contributed by atoms with E-state index in [4.69, 9.17) is 9.47 Å². The van der Waals surface area contributed by atoms with Gasteiger partial charge in [-0.2, -0.15) is 0 Å². The number of nitrogens with one attached hydrogen (secondary N) is 1. The summed E-state index contributed by atoms with van der Waals surface area (Å²) in [5, 5.41) is 2.75. The highest BCUT2D eigenvalue weighted by molar-refractivity contribution is 5.85. The Bertz CT molecular complexity index is 893. The molecule has 1 amide bonds. The van der Waals surface area contributed by atoms with Gasteiger partial charge in [-0.15, -0.1) is 0 Å². The lowest BCUT2D eigenvalue weighted by Crippen LogP contribution is -2.30. The minimum absolute atomic E-state index is 0.0424. The average Bonchev–Trinajstić information content (AvgIpc) is 3.21. The Labute approximate surface area is 177 Å². The quantitative estimate of drug-likeness (QED) is 0.740. The zero-order valence-corrected chi connectivity index (χ0v) is 17.6. The fourth-order valence-electron chi connectivity index (χ4n) is 4.09. The van der Waals surface area contributed by atoms with Crippen LogP contribution in [0.4, 0.5) is 16.2 Å². The highest BCUT2D eigenvalue weighted by Crippen LogP contribution is 2.53. The summed E-state index contributed by atoms with van der Waals surface area (Å²) in [7, 11) is 0. The molecule has 0 spiro atoms. The fraction of sp³-hybridized carbons (Fsp3) is 0.417. The van der Waals surface area contributed by atoms with Gasteiger partial charge in [-0.25, -0.2) is 4.79 Å². The highest BCUT2D eigenvalue weighted by atomic mass is 16.6. The standard InChI is InChI=1S/C24H28N2O4/c1-24(2,3)30-22(27)21-19-13-26(14-20(19)21)18-11-9-17(10-12-18)25-23(28)29-15-16-7-5-4-6-8-16/h4-12,19-21H,13-15H2,1-3H3,(H,25,28). The second-order valence-electron chi connectivity index (χ2n) is 9.03. The lowest BCUT2D eigenvalue weighted by atomic mass is 10.2. The SMILES string of the molecule is CC(C)(C)OC(=O)C1C2CN(c3ccc(NC(=O)OCc4ccccc4)cc3)CC21. The van der Waals surface area contributed by atoms with Crippen molar-refractivity contribution in [3.8, 4) is 0 Å². The van der Waals surface area contributed by atoms with Gasteiger partial charge in [0.25, 0.3) is 0 Å². The molecular weight excluding hydrogens is 380 g/mol. The fourth-order valence-corrected chi connectivity index (χ4v) is 4.09. The summed E-state index contributed by atoms with van der Waals surface area (Å²) in [6.07, 6.45) is -0.478. The molecule has 2 aromatic carbocycles. The zero-order chi connectivity index (χ0) is 21.3. The number of amides is 1. The van der Waals surface area contributed by atoms with Gasteiger partial charge in [-0.1, -0.05) is 30.3 Å². The summed E-state index contributed by atoms with van der Waals surface area (Å²) in [5.41, 5.74) is 2.29. The molecule has 1 aliphatic carbocycles. The molecule has 2 fully saturated rings. The third kappa shape index (κ3) is 4.75. The molecule has 0 aromatic heterocycles. The Kier molecular flexibility index (Phi) is 5.41. The van der Waals surface area contributed by atoms with Gasteiger partial charge in [-0.3, -0.25) is 10.1 Å². The van der Waals surface area contributed by atoms with E-state index in [1.54, 1.807) is 0 Å². The number of piperidine rings is 1. The van der Waals surface area contributed by atoms with Crippen molar-refractivity contribution in [2.75, 3.05) is 23.3 Å². The number of benzene rings is 2. The number of ether oxygens (including phenoxy) is 2. The molecule has 158 valence electrons. The topological polar surface area (TPSA) is 67.9 Å². The molecule has 6 heteroatoms. The molecule has 6 nitrogen and oxygen atoms in total. The van der Waals surface area contributed by atoms with Crippen molar-refractivity contribution >= 4 is 23.4 Å². The van der Waals surface area contributed by atoms with Crippen molar-refractivity contribution in [1.82, 2.24) is 0 Å². The van der Waals surface area contributed by atoms with Crippen LogP contribution in [0.2, 0.25) is 0 Å². The third-order valence-electron chi connectivity index (χ3n) is 5.56. The van der Waals surface area contributed by atoms with Gasteiger partial charge in [0.15, 0.2) is 0 Å². The van der Waals surface area contributed by atoms with E-state index >= 15 is 0 Å². The highest BCUT2D eigenvalue weighted by Gasteiger charge is 2.60. The maximum absolute atomic E-state index is 12.3. The second kappa shape index (κ2) is 8.01. The summed E-state index contributed by atoms with van der Waals surface area (Å²) in [6.45, 7) is 7.67. The average molecular weight is 408 g/mol. The minimum Gasteiger partial charge on any atom is -0.460 e. The predicted molar refractivity (Wildman–Crippen MR) is 115 cm³/mol. The summed E-state index contributed by atoms with van der Waals surface area (Å²) in [6, 6.07) is 17.3. The first-order valence-corrected chi connectivity index (χ1v) is 10.4. The molecule has 0 bridgehead atoms. The molecule has 1 saturated carbocycles. The van der Waals surface area contributed by atoms with Crippen LogP contribution in [0.5, 0.6) is 0 Å². The van der Waals surface area contributed by atoms with Gasteiger partial charge in [-0.05, 0) is 62.4 Å². The van der Waals surface area contributed by atoms with Crippen molar-refractivity contribution in [2.24, 2.45) is 17.8 Å². The van der Waals surface area contributed by atoms with E-state index in [-0.39, 0.29) is 18.5 Å². The van der Waals surface area contributed by atoms with Crippen LogP contribution in [0, 0.1) is 17.8 Å². The molecule has 2 unspecified atom stereocenters. The lowest BCUT2D eigenvalue weighted by molar-refractivity contribution is -0.157. The van der Waals surface area contributed by atoms with Crippen LogP contribution in [0.3, 0.4) is 0 Å². The number of carbonyl (C=O) groups is 2. The molecule has 4 rings (SSSR count). The maximum atomic E-state index is 12.3. The summed E-state index contributed by atoms with van der Waals surface area (Å²) in [4.78, 5) is 26.5. The van der Waals surface area contributed by atoms with Crippen LogP contribution >= 0.6 is 0 Å². The number of rotatable bonds is 5. The van der Waals surface area contributed by atoms with Crippen LogP contribution in [-0.4, -0.2) is 30.8 Å². The van der Waals surface area contributed by atoms with Crippen molar-refractivity contribution in [3.05, 3.63) is 60.2 Å². The molecule has 0 radical (unpaired) electrons. The predicted octanol–water partition coefficient (Wildman–Crippen LogP) is 4.46. The van der Waals surface area contributed by atoms with E-state index in [0.29, 0.717) is 17.5 Å². The molecule has 2 aliphatic rings. The van der Waals surface area contributed by atoms with Crippen LogP contribution in [0.15, 0.2) is 54.6 Å². The van der Waals surface area contributed by atoms with E-state index in [1.165, 1.54) is 0 Å². The number of hydrogen-bond donors (Lipinski definition) is 1. The Hall–Kier alpha value is -3.02. The van der Waals surface area contributed by atoms with Crippen molar-refractivity contribution in [3.63, 3.8) is 0 Å². The summed E-state index contributed by atoms with van der Waals surface area (Å²) < 4.78 is 10.8. The molecule has 2 aromatic rings. The van der Waals surface area contributed by atoms with Gasteiger partial charge in [0.1, 0.15) is 12.2 Å². The zero-order valence-electron chi connectivity index (χ0n) is 17.6. The molecule has 1 N–H and O–H groups in total. The number of anilines is 2. The largest absolute Gasteiger partial charge is 0.460 e. The van der Waals surface area contributed by atoms with Crippen LogP contribution in [0.25, 0.3) is 0 Å². The number of hydrogen-bond acceptors (Lipinski definition) is 5. The monoisotopic (exact) mass is 408 g/mol. The van der Waals surface area contributed by atoms with E-state index in [0.717, 1.165) is 24.3 Å². The first-order chi connectivity index (χ1) is 14.3. The Balaban J connectivity index is 1.24. The smallest absolute Gasteiger partial charge is 0.411 e. The number of fused-ring (bicyclic) bond motifs is 1. The van der Waals surface area contributed by atoms with Gasteiger partial charge < -0.3 is 14.4 Å². The third-order valence-corrected chi connectivity index (χ3v) is 5.56. The van der Waals surface area contributed by atoms with Gasteiger partial charge in [0.05, 0.1) is 5.92 Å². The van der Waals surface area contributed by atoms with E-state index in [9.17, 15) is 9.59 Å². The Morgan fingerprint density at radius 1 is 1.00 bits per heavy atom. The van der Waals surface area contributed by atoms with Crippen molar-refractivity contribution < 1.29 is 19.1 Å². The van der Waals surface area contributed by atoms with Crippen LogP contribution < -0.4 is 10.2 Å². The van der Waals surface area contributed by atoms with E-state index < -0.39 is 11.7 Å². The van der Waals surface area contributed by atoms with E-state index in [2.05, 4.69) is 10.2 Å². The number of nitrogens with zero attached hydrogens (tertiary/aromatic N) is 1. The maximum Gasteiger partial charge on any atom is 0.411 e. The summed E-state index contributed by atoms with van der Waals surface area (Å²) >= 11 is 0. The Morgan fingerprint density at radius 3 is 2.23 bits per heavy atom. The van der Waals surface area contributed by atoms with Gasteiger partial charge >= 0.3 is 12.1 Å². The van der Waals surface area contributed by atoms with Gasteiger partial charge in [0.2, 0.25) is 0 Å². The lowest BCUT2D eigenvalue weighted by Gasteiger charge is -2.24. The first-order valence-electron chi connectivity index (χ1n) is 10.4. The van der Waals surface area contributed by atoms with Crippen molar-refractivity contribution in [2.45, 2.75) is 33.0 Å². The molecule has 1 heterocycles. The minimum atomic E-state index is -0.478. The second-order valence-corrected chi connectivity index (χ2v) is 9.03. The van der Waals surface area contributed by atoms with Crippen LogP contribution in [0.1, 0.15) is 26.3 Å².